The molecule has 0 radical (unpaired) electrons. The molecule has 5 nitrogen and oxygen atoms in total. The summed E-state index contributed by atoms with van der Waals surface area (Å²) in [5.41, 5.74) is -1.42. The number of rotatable bonds is 4. The Kier molecular flexibility index (Phi) is 4.32. The summed E-state index contributed by atoms with van der Waals surface area (Å²) < 4.78 is 0. The molecule has 1 aliphatic heterocycles. The minimum Gasteiger partial charge on any atom is -0.479 e. The number of hydrogen-bond donors (Lipinski definition) is 3. The summed E-state index contributed by atoms with van der Waals surface area (Å²) in [6.45, 7) is 4.88. The van der Waals surface area contributed by atoms with E-state index in [0.29, 0.717) is 12.1 Å². The van der Waals surface area contributed by atoms with E-state index in [9.17, 15) is 14.7 Å². The van der Waals surface area contributed by atoms with Crippen molar-refractivity contribution in [3.8, 4) is 0 Å². The van der Waals surface area contributed by atoms with Crippen LogP contribution in [0.2, 0.25) is 0 Å². The van der Waals surface area contributed by atoms with Crippen LogP contribution in [0.1, 0.15) is 32.3 Å². The van der Waals surface area contributed by atoms with Crippen LogP contribution < -0.4 is 10.6 Å². The molecule has 1 amide bonds. The molecule has 0 saturated carbocycles. The molecule has 1 saturated heterocycles. The van der Waals surface area contributed by atoms with E-state index in [1.165, 1.54) is 6.92 Å². The second-order valence-corrected chi connectivity index (χ2v) is 6.09. The Labute approximate surface area is 124 Å². The Morgan fingerprint density at radius 3 is 2.52 bits per heavy atom. The van der Waals surface area contributed by atoms with Crippen molar-refractivity contribution >= 4 is 11.9 Å². The minimum absolute atomic E-state index is 0.219. The molecule has 0 aromatic heterocycles. The Balaban J connectivity index is 2.24. The second-order valence-electron chi connectivity index (χ2n) is 6.09. The van der Waals surface area contributed by atoms with Crippen LogP contribution in [-0.4, -0.2) is 30.1 Å². The first-order chi connectivity index (χ1) is 9.88. The number of piperidine rings is 1. The van der Waals surface area contributed by atoms with Crippen molar-refractivity contribution in [3.63, 3.8) is 0 Å². The van der Waals surface area contributed by atoms with Gasteiger partial charge in [0.25, 0.3) is 0 Å². The van der Waals surface area contributed by atoms with Gasteiger partial charge in [0.15, 0.2) is 5.54 Å². The highest BCUT2D eigenvalue weighted by atomic mass is 16.4. The van der Waals surface area contributed by atoms with Crippen LogP contribution in [-0.2, 0) is 15.1 Å². The number of carbonyl (C=O) groups excluding carboxylic acids is 1. The molecule has 1 heterocycles. The van der Waals surface area contributed by atoms with Gasteiger partial charge >= 0.3 is 5.97 Å². The van der Waals surface area contributed by atoms with Gasteiger partial charge in [0.1, 0.15) is 0 Å². The maximum atomic E-state index is 12.6. The summed E-state index contributed by atoms with van der Waals surface area (Å²) in [5, 5.41) is 15.5. The minimum atomic E-state index is -1.42. The average molecular weight is 290 g/mol. The van der Waals surface area contributed by atoms with Crippen LogP contribution in [0.15, 0.2) is 30.3 Å². The van der Waals surface area contributed by atoms with E-state index in [1.807, 2.05) is 13.0 Å². The molecular weight excluding hydrogens is 268 g/mol. The number of aliphatic carboxylic acids is 1. The lowest BCUT2D eigenvalue weighted by atomic mass is 9.80. The van der Waals surface area contributed by atoms with E-state index in [4.69, 9.17) is 0 Å². The third-order valence-corrected chi connectivity index (χ3v) is 4.29. The summed E-state index contributed by atoms with van der Waals surface area (Å²) >= 11 is 0. The number of benzene rings is 1. The molecule has 3 N–H and O–H groups in total. The lowest BCUT2D eigenvalue weighted by molar-refractivity contribution is -0.149. The molecule has 0 spiro atoms. The maximum Gasteiger partial charge on any atom is 0.333 e. The molecule has 21 heavy (non-hydrogen) atoms. The molecule has 1 aromatic rings. The van der Waals surface area contributed by atoms with Gasteiger partial charge in [0.05, 0.1) is 5.41 Å². The summed E-state index contributed by atoms with van der Waals surface area (Å²) in [5.74, 6) is -1.28. The quantitative estimate of drug-likeness (QED) is 0.785. The van der Waals surface area contributed by atoms with Crippen molar-refractivity contribution in [2.24, 2.45) is 5.41 Å². The molecule has 1 fully saturated rings. The zero-order valence-corrected chi connectivity index (χ0v) is 12.5. The van der Waals surface area contributed by atoms with Gasteiger partial charge in [-0.1, -0.05) is 30.3 Å². The number of carbonyl (C=O) groups is 2. The normalized spacial score (nSPS) is 24.9. The van der Waals surface area contributed by atoms with Gasteiger partial charge in [-0.15, -0.1) is 0 Å². The molecule has 2 unspecified atom stereocenters. The van der Waals surface area contributed by atoms with Gasteiger partial charge in [-0.3, -0.25) is 4.79 Å². The first-order valence-corrected chi connectivity index (χ1v) is 7.21. The predicted octanol–water partition coefficient (Wildman–Crippen LogP) is 1.49. The fourth-order valence-corrected chi connectivity index (χ4v) is 2.65. The Bertz CT molecular complexity index is 524. The average Bonchev–Trinajstić information content (AvgIpc) is 2.48. The van der Waals surface area contributed by atoms with E-state index in [1.54, 1.807) is 24.3 Å². The zero-order valence-electron chi connectivity index (χ0n) is 12.5. The fourth-order valence-electron chi connectivity index (χ4n) is 2.65. The second kappa shape index (κ2) is 5.85. The van der Waals surface area contributed by atoms with Crippen molar-refractivity contribution in [3.05, 3.63) is 35.9 Å². The first-order valence-electron chi connectivity index (χ1n) is 7.21. The summed E-state index contributed by atoms with van der Waals surface area (Å²) in [7, 11) is 0. The zero-order chi connectivity index (χ0) is 15.5. The summed E-state index contributed by atoms with van der Waals surface area (Å²) in [6, 6.07) is 8.80. The SMILES string of the molecule is CC1(C(=O)NC(C)(C(=O)O)c2ccccc2)CCCNC1. The van der Waals surface area contributed by atoms with Gasteiger partial charge in [-0.05, 0) is 38.8 Å². The van der Waals surface area contributed by atoms with E-state index < -0.39 is 16.9 Å². The number of nitrogens with one attached hydrogen (secondary N) is 2. The van der Waals surface area contributed by atoms with Crippen molar-refractivity contribution in [1.29, 1.82) is 0 Å². The van der Waals surface area contributed by atoms with Crippen molar-refractivity contribution < 1.29 is 14.7 Å². The van der Waals surface area contributed by atoms with Gasteiger partial charge in [0, 0.05) is 6.54 Å². The molecule has 5 heteroatoms. The highest BCUT2D eigenvalue weighted by Crippen LogP contribution is 2.29. The standard InChI is InChI=1S/C16H22N2O3/c1-15(9-6-10-17-11-15)13(19)18-16(2,14(20)21)12-7-4-3-5-8-12/h3-5,7-8,17H,6,9-11H2,1-2H3,(H,18,19)(H,20,21). The lowest BCUT2D eigenvalue weighted by Gasteiger charge is -2.36. The Morgan fingerprint density at radius 2 is 2.00 bits per heavy atom. The molecule has 2 atom stereocenters. The summed E-state index contributed by atoms with van der Waals surface area (Å²) in [4.78, 5) is 24.3. The smallest absolute Gasteiger partial charge is 0.333 e. The predicted molar refractivity (Wildman–Crippen MR) is 79.8 cm³/mol. The van der Waals surface area contributed by atoms with Crippen molar-refractivity contribution in [2.75, 3.05) is 13.1 Å². The topological polar surface area (TPSA) is 78.4 Å². The van der Waals surface area contributed by atoms with E-state index >= 15 is 0 Å². The van der Waals surface area contributed by atoms with Crippen LogP contribution >= 0.6 is 0 Å². The van der Waals surface area contributed by atoms with E-state index in [2.05, 4.69) is 10.6 Å². The third kappa shape index (κ3) is 3.08. The van der Waals surface area contributed by atoms with Crippen LogP contribution in [0.4, 0.5) is 0 Å². The monoisotopic (exact) mass is 290 g/mol. The summed E-state index contributed by atoms with van der Waals surface area (Å²) in [6.07, 6.45) is 1.68. The van der Waals surface area contributed by atoms with Crippen LogP contribution in [0, 0.1) is 5.41 Å². The fraction of sp³-hybridized carbons (Fsp3) is 0.500. The largest absolute Gasteiger partial charge is 0.479 e. The highest BCUT2D eigenvalue weighted by Gasteiger charge is 2.42. The molecule has 2 rings (SSSR count). The van der Waals surface area contributed by atoms with Gasteiger partial charge in [-0.25, -0.2) is 4.79 Å². The van der Waals surface area contributed by atoms with E-state index in [0.717, 1.165) is 19.4 Å². The molecular formula is C16H22N2O3. The lowest BCUT2D eigenvalue weighted by Crippen LogP contribution is -2.56. The number of carboxylic acids is 1. The Hall–Kier alpha value is -1.88. The number of hydrogen-bond acceptors (Lipinski definition) is 3. The highest BCUT2D eigenvalue weighted by molar-refractivity contribution is 5.90. The molecule has 0 aliphatic carbocycles. The molecule has 1 aliphatic rings. The Morgan fingerprint density at radius 1 is 1.33 bits per heavy atom. The van der Waals surface area contributed by atoms with Gasteiger partial charge < -0.3 is 15.7 Å². The van der Waals surface area contributed by atoms with Crippen LogP contribution in [0.25, 0.3) is 0 Å². The number of carboxylic acid groups (broad SMARTS) is 1. The molecule has 0 bridgehead atoms. The number of amides is 1. The van der Waals surface area contributed by atoms with Gasteiger partial charge in [-0.2, -0.15) is 0 Å². The van der Waals surface area contributed by atoms with E-state index in [-0.39, 0.29) is 5.91 Å². The third-order valence-electron chi connectivity index (χ3n) is 4.29. The van der Waals surface area contributed by atoms with Crippen molar-refractivity contribution in [2.45, 2.75) is 32.2 Å². The molecule has 1 aromatic carbocycles. The first kappa shape index (κ1) is 15.5. The maximum absolute atomic E-state index is 12.6. The van der Waals surface area contributed by atoms with Gasteiger partial charge in [0.2, 0.25) is 5.91 Å². The van der Waals surface area contributed by atoms with Crippen molar-refractivity contribution in [1.82, 2.24) is 10.6 Å². The molecule has 114 valence electrons. The van der Waals surface area contributed by atoms with Crippen LogP contribution in [0.3, 0.4) is 0 Å². The van der Waals surface area contributed by atoms with Crippen LogP contribution in [0.5, 0.6) is 0 Å².